The molecular weight excluding hydrogens is 208 g/mol. The van der Waals surface area contributed by atoms with Crippen LogP contribution in [0.1, 0.15) is 16.8 Å². The van der Waals surface area contributed by atoms with Gasteiger partial charge in [-0.15, -0.1) is 0 Å². The van der Waals surface area contributed by atoms with Crippen LogP contribution in [0.15, 0.2) is 24.3 Å². The number of hydrogen-bond acceptors (Lipinski definition) is 4. The van der Waals surface area contributed by atoms with Crippen LogP contribution in [0.3, 0.4) is 0 Å². The van der Waals surface area contributed by atoms with E-state index < -0.39 is 0 Å². The van der Waals surface area contributed by atoms with E-state index in [0.717, 1.165) is 0 Å². The highest BCUT2D eigenvalue weighted by Crippen LogP contribution is 2.20. The molecule has 2 N–H and O–H groups in total. The first-order valence-electron chi connectivity index (χ1n) is 5.01. The topological polar surface area (TPSA) is 72.6 Å². The molecule has 0 bridgehead atoms. The number of benzene rings is 1. The highest BCUT2D eigenvalue weighted by molar-refractivity contribution is 5.98. The second-order valence-electron chi connectivity index (χ2n) is 3.45. The lowest BCUT2D eigenvalue weighted by Gasteiger charge is -2.13. The standard InChI is InChI=1S/C11H12N2O3/c12-7-10(14)8-1-3-9(4-2-8)13-11(15)5-6-16-13/h1-4H,5-7,12H2. The summed E-state index contributed by atoms with van der Waals surface area (Å²) in [6.07, 6.45) is 0.392. The van der Waals surface area contributed by atoms with Crippen LogP contribution >= 0.6 is 0 Å². The second kappa shape index (κ2) is 4.42. The van der Waals surface area contributed by atoms with E-state index in [1.807, 2.05) is 0 Å². The number of anilines is 1. The van der Waals surface area contributed by atoms with Crippen molar-refractivity contribution in [1.82, 2.24) is 0 Å². The SMILES string of the molecule is NCC(=O)c1ccc(N2OCCC2=O)cc1. The van der Waals surface area contributed by atoms with Crippen molar-refractivity contribution in [2.75, 3.05) is 18.2 Å². The van der Waals surface area contributed by atoms with E-state index >= 15 is 0 Å². The quantitative estimate of drug-likeness (QED) is 0.753. The summed E-state index contributed by atoms with van der Waals surface area (Å²) in [7, 11) is 0. The Bertz CT molecular complexity index is 414. The first kappa shape index (κ1) is 10.8. The lowest BCUT2D eigenvalue weighted by Crippen LogP contribution is -2.22. The largest absolute Gasteiger partial charge is 0.324 e. The van der Waals surface area contributed by atoms with Gasteiger partial charge in [0.05, 0.1) is 25.3 Å². The minimum absolute atomic E-state index is 0.0154. The zero-order valence-corrected chi connectivity index (χ0v) is 8.68. The van der Waals surface area contributed by atoms with Crippen LogP contribution in [-0.2, 0) is 9.63 Å². The maximum Gasteiger partial charge on any atom is 0.253 e. The summed E-state index contributed by atoms with van der Waals surface area (Å²) in [6, 6.07) is 6.62. The van der Waals surface area contributed by atoms with Crippen molar-refractivity contribution in [1.29, 1.82) is 0 Å². The van der Waals surface area contributed by atoms with Gasteiger partial charge < -0.3 is 5.73 Å². The molecule has 1 fully saturated rings. The summed E-state index contributed by atoms with van der Waals surface area (Å²) < 4.78 is 0. The summed E-state index contributed by atoms with van der Waals surface area (Å²) in [6.45, 7) is 0.390. The maximum absolute atomic E-state index is 11.4. The minimum Gasteiger partial charge on any atom is -0.324 e. The first-order valence-corrected chi connectivity index (χ1v) is 5.01. The van der Waals surface area contributed by atoms with Crippen molar-refractivity contribution in [3.05, 3.63) is 29.8 Å². The Morgan fingerprint density at radius 2 is 2.06 bits per heavy atom. The van der Waals surface area contributed by atoms with E-state index in [4.69, 9.17) is 10.6 Å². The molecule has 5 nitrogen and oxygen atoms in total. The molecule has 16 heavy (non-hydrogen) atoms. The van der Waals surface area contributed by atoms with E-state index in [0.29, 0.717) is 24.3 Å². The molecule has 0 aromatic heterocycles. The van der Waals surface area contributed by atoms with Crippen LogP contribution in [0.2, 0.25) is 0 Å². The van der Waals surface area contributed by atoms with Crippen LogP contribution in [0.4, 0.5) is 5.69 Å². The highest BCUT2D eigenvalue weighted by Gasteiger charge is 2.23. The van der Waals surface area contributed by atoms with Gasteiger partial charge in [0.25, 0.3) is 5.91 Å². The molecule has 1 aliphatic heterocycles. The number of rotatable bonds is 3. The fourth-order valence-electron chi connectivity index (χ4n) is 1.52. The lowest BCUT2D eigenvalue weighted by molar-refractivity contribution is -0.119. The van der Waals surface area contributed by atoms with Crippen LogP contribution in [0.25, 0.3) is 0 Å². The smallest absolute Gasteiger partial charge is 0.253 e. The van der Waals surface area contributed by atoms with Crippen molar-refractivity contribution in [3.63, 3.8) is 0 Å². The van der Waals surface area contributed by atoms with Gasteiger partial charge in [-0.25, -0.2) is 0 Å². The Balaban J connectivity index is 2.19. The normalized spacial score (nSPS) is 15.6. The van der Waals surface area contributed by atoms with Crippen LogP contribution in [0, 0.1) is 0 Å². The molecule has 0 atom stereocenters. The van der Waals surface area contributed by atoms with Gasteiger partial charge >= 0.3 is 0 Å². The molecule has 1 amide bonds. The van der Waals surface area contributed by atoms with Gasteiger partial charge in [-0.1, -0.05) is 0 Å². The van der Waals surface area contributed by atoms with Gasteiger partial charge in [-0.2, -0.15) is 5.06 Å². The lowest BCUT2D eigenvalue weighted by atomic mass is 10.1. The number of ketones is 1. The predicted molar refractivity (Wildman–Crippen MR) is 57.9 cm³/mol. The zero-order valence-electron chi connectivity index (χ0n) is 8.68. The summed E-state index contributed by atoms with van der Waals surface area (Å²) in [5.74, 6) is -0.196. The maximum atomic E-state index is 11.4. The molecule has 1 aliphatic rings. The van der Waals surface area contributed by atoms with Crippen LogP contribution in [0.5, 0.6) is 0 Å². The molecule has 0 spiro atoms. The summed E-state index contributed by atoms with van der Waals surface area (Å²) in [4.78, 5) is 27.8. The van der Waals surface area contributed by atoms with E-state index in [1.54, 1.807) is 24.3 Å². The summed E-state index contributed by atoms with van der Waals surface area (Å²) in [5.41, 5.74) is 6.42. The minimum atomic E-state index is -0.125. The fraction of sp³-hybridized carbons (Fsp3) is 0.273. The van der Waals surface area contributed by atoms with Crippen molar-refractivity contribution >= 4 is 17.4 Å². The van der Waals surface area contributed by atoms with Gasteiger partial charge in [0.2, 0.25) is 0 Å². The van der Waals surface area contributed by atoms with Crippen molar-refractivity contribution in [3.8, 4) is 0 Å². The predicted octanol–water partition coefficient (Wildman–Crippen LogP) is 0.496. The molecule has 1 aromatic rings. The van der Waals surface area contributed by atoms with Gasteiger partial charge in [0.15, 0.2) is 5.78 Å². The monoisotopic (exact) mass is 220 g/mol. The Morgan fingerprint density at radius 3 is 2.56 bits per heavy atom. The third-order valence-corrected chi connectivity index (χ3v) is 2.37. The number of amides is 1. The molecule has 5 heteroatoms. The van der Waals surface area contributed by atoms with Crippen LogP contribution < -0.4 is 10.8 Å². The van der Waals surface area contributed by atoms with Gasteiger partial charge in [-0.05, 0) is 24.3 Å². The van der Waals surface area contributed by atoms with Crippen molar-refractivity contribution in [2.45, 2.75) is 6.42 Å². The molecule has 0 aliphatic carbocycles. The Labute approximate surface area is 92.7 Å². The van der Waals surface area contributed by atoms with E-state index in [-0.39, 0.29) is 18.2 Å². The number of hydroxylamine groups is 1. The van der Waals surface area contributed by atoms with Gasteiger partial charge in [0, 0.05) is 5.56 Å². The fourth-order valence-corrected chi connectivity index (χ4v) is 1.52. The molecule has 84 valence electrons. The third kappa shape index (κ3) is 1.95. The Morgan fingerprint density at radius 1 is 1.38 bits per heavy atom. The van der Waals surface area contributed by atoms with E-state index in [1.165, 1.54) is 5.06 Å². The van der Waals surface area contributed by atoms with Gasteiger partial charge in [-0.3, -0.25) is 14.4 Å². The summed E-state index contributed by atoms with van der Waals surface area (Å²) in [5, 5.41) is 1.25. The number of nitrogens with two attached hydrogens (primary N) is 1. The molecule has 1 saturated heterocycles. The van der Waals surface area contributed by atoms with Crippen molar-refractivity contribution < 1.29 is 14.4 Å². The van der Waals surface area contributed by atoms with E-state index in [9.17, 15) is 9.59 Å². The molecular formula is C11H12N2O3. The molecule has 2 rings (SSSR count). The first-order chi connectivity index (χ1) is 7.72. The number of nitrogens with zero attached hydrogens (tertiary/aromatic N) is 1. The molecule has 1 heterocycles. The third-order valence-electron chi connectivity index (χ3n) is 2.37. The molecule has 0 radical (unpaired) electrons. The Hall–Kier alpha value is -1.72. The number of carbonyl (C=O) groups is 2. The average molecular weight is 220 g/mol. The average Bonchev–Trinajstić information content (AvgIpc) is 2.75. The Kier molecular flexibility index (Phi) is 2.98. The number of hydrogen-bond donors (Lipinski definition) is 1. The number of carbonyl (C=O) groups excluding carboxylic acids is 2. The van der Waals surface area contributed by atoms with Crippen LogP contribution in [-0.4, -0.2) is 24.8 Å². The summed E-state index contributed by atoms with van der Waals surface area (Å²) >= 11 is 0. The van der Waals surface area contributed by atoms with Crippen molar-refractivity contribution in [2.24, 2.45) is 5.73 Å². The molecule has 0 saturated carbocycles. The van der Waals surface area contributed by atoms with E-state index in [2.05, 4.69) is 0 Å². The van der Waals surface area contributed by atoms with Gasteiger partial charge in [0.1, 0.15) is 0 Å². The second-order valence-corrected chi connectivity index (χ2v) is 3.45. The molecule has 1 aromatic carbocycles. The zero-order chi connectivity index (χ0) is 11.5. The number of Topliss-reactive ketones (excluding diaryl/α,β-unsaturated/α-hetero) is 1. The highest BCUT2D eigenvalue weighted by atomic mass is 16.7. The molecule has 0 unspecified atom stereocenters.